The molecular weight excluding hydrogens is 552 g/mol. The van der Waals surface area contributed by atoms with E-state index in [0.717, 1.165) is 9.36 Å². The summed E-state index contributed by atoms with van der Waals surface area (Å²) in [5, 5.41) is 32.1. The van der Waals surface area contributed by atoms with Crippen LogP contribution in [0.4, 0.5) is 13.2 Å². The molecule has 0 bridgehead atoms. The Morgan fingerprint density at radius 3 is 2.37 bits per heavy atom. The highest BCUT2D eigenvalue weighted by molar-refractivity contribution is 6.31. The minimum absolute atomic E-state index is 0.0929. The summed E-state index contributed by atoms with van der Waals surface area (Å²) >= 11 is 12.1. The molecule has 0 saturated carbocycles. The third-order valence-corrected chi connectivity index (χ3v) is 6.47. The van der Waals surface area contributed by atoms with Gasteiger partial charge in [-0.25, -0.2) is 19.0 Å². The van der Waals surface area contributed by atoms with E-state index in [2.05, 4.69) is 15.4 Å². The van der Waals surface area contributed by atoms with Crippen molar-refractivity contribution < 1.29 is 28.2 Å². The Bertz CT molecular complexity index is 1530. The molecule has 200 valence electrons. The van der Waals surface area contributed by atoms with Crippen LogP contribution < -0.4 is 5.69 Å². The first-order chi connectivity index (χ1) is 17.8. The van der Waals surface area contributed by atoms with E-state index in [1.807, 2.05) is 0 Å². The fourth-order valence-electron chi connectivity index (χ4n) is 3.73. The minimum atomic E-state index is -4.97. The summed E-state index contributed by atoms with van der Waals surface area (Å²) < 4.78 is 41.8. The molecule has 2 atom stereocenters. The van der Waals surface area contributed by atoms with Gasteiger partial charge in [0, 0.05) is 21.2 Å². The lowest BCUT2D eigenvalue weighted by molar-refractivity contribution is -0.207. The monoisotopic (exact) mass is 570 g/mol. The van der Waals surface area contributed by atoms with E-state index in [0.29, 0.717) is 9.59 Å². The molecule has 0 aliphatic carbocycles. The quantitative estimate of drug-likeness (QED) is 0.332. The van der Waals surface area contributed by atoms with Crippen LogP contribution in [-0.2, 0) is 23.4 Å². The Kier molecular flexibility index (Phi) is 7.37. The number of rotatable bonds is 8. The Morgan fingerprint density at radius 2 is 1.76 bits per heavy atom. The van der Waals surface area contributed by atoms with Gasteiger partial charge in [-0.2, -0.15) is 13.2 Å². The van der Waals surface area contributed by atoms with E-state index in [1.54, 1.807) is 12.1 Å². The number of carboxylic acid groups (broad SMARTS) is 1. The second kappa shape index (κ2) is 10.2. The zero-order valence-electron chi connectivity index (χ0n) is 19.5. The van der Waals surface area contributed by atoms with Crippen molar-refractivity contribution in [3.8, 4) is 11.4 Å². The summed E-state index contributed by atoms with van der Waals surface area (Å²) in [7, 11) is 0. The van der Waals surface area contributed by atoms with Crippen molar-refractivity contribution in [3.63, 3.8) is 0 Å². The fraction of sp³-hybridized carbons (Fsp3) is 0.261. The topological polar surface area (TPSA) is 128 Å². The summed E-state index contributed by atoms with van der Waals surface area (Å²) in [6.07, 6.45) is -6.52. The highest BCUT2D eigenvalue weighted by Crippen LogP contribution is 2.32. The lowest BCUT2D eigenvalue weighted by atomic mass is 9.92. The molecule has 38 heavy (non-hydrogen) atoms. The van der Waals surface area contributed by atoms with Gasteiger partial charge < -0.3 is 10.2 Å². The number of aliphatic hydroxyl groups excluding tert-OH is 1. The molecule has 0 fully saturated rings. The van der Waals surface area contributed by atoms with E-state index >= 15 is 0 Å². The van der Waals surface area contributed by atoms with Crippen molar-refractivity contribution in [2.45, 2.75) is 37.8 Å². The van der Waals surface area contributed by atoms with Crippen molar-refractivity contribution in [1.29, 1.82) is 0 Å². The Labute approximate surface area is 222 Å². The van der Waals surface area contributed by atoms with Gasteiger partial charge in [-0.15, -0.1) is 10.2 Å². The number of alkyl halides is 3. The van der Waals surface area contributed by atoms with Crippen LogP contribution in [-0.4, -0.2) is 57.8 Å². The fourth-order valence-corrected chi connectivity index (χ4v) is 4.18. The number of hydrogen-bond donors (Lipinski definition) is 2. The lowest BCUT2D eigenvalue weighted by Gasteiger charge is -2.26. The van der Waals surface area contributed by atoms with Crippen molar-refractivity contribution in [2.75, 3.05) is 0 Å². The van der Waals surface area contributed by atoms with Crippen LogP contribution in [0.3, 0.4) is 0 Å². The second-order valence-corrected chi connectivity index (χ2v) is 9.29. The van der Waals surface area contributed by atoms with Gasteiger partial charge in [-0.3, -0.25) is 4.57 Å². The molecule has 0 amide bonds. The zero-order chi connectivity index (χ0) is 27.8. The van der Waals surface area contributed by atoms with Crippen LogP contribution in [0.25, 0.3) is 11.4 Å². The van der Waals surface area contributed by atoms with E-state index in [4.69, 9.17) is 23.2 Å². The number of aliphatic carboxylic acids is 1. The number of carboxylic acids is 1. The van der Waals surface area contributed by atoms with Crippen molar-refractivity contribution >= 4 is 29.2 Å². The maximum Gasteiger partial charge on any atom is 0.416 e. The number of hydrogen-bond acceptors (Lipinski definition) is 6. The lowest BCUT2D eigenvalue weighted by Crippen LogP contribution is -2.41. The highest BCUT2D eigenvalue weighted by atomic mass is 35.5. The summed E-state index contributed by atoms with van der Waals surface area (Å²) in [5.74, 6) is -1.43. The van der Waals surface area contributed by atoms with Crippen LogP contribution in [0.15, 0.2) is 59.5 Å². The van der Waals surface area contributed by atoms with E-state index in [-0.39, 0.29) is 34.2 Å². The SMILES string of the molecule is CC(C(=O)O)(c1ccccc1Cl)n1cc(Cn2nc(-c3ccc(Cl)cc3)n(C[C@H](O)C(F)(F)F)c2=O)nn1. The molecule has 0 aliphatic heterocycles. The van der Waals surface area contributed by atoms with Crippen LogP contribution >= 0.6 is 23.2 Å². The third kappa shape index (κ3) is 5.17. The van der Waals surface area contributed by atoms with Gasteiger partial charge in [-0.05, 0) is 37.3 Å². The number of nitrogens with zero attached hydrogens (tertiary/aromatic N) is 6. The molecule has 4 aromatic rings. The third-order valence-electron chi connectivity index (χ3n) is 5.88. The molecule has 4 rings (SSSR count). The predicted molar refractivity (Wildman–Crippen MR) is 130 cm³/mol. The number of aliphatic hydroxyl groups is 1. The van der Waals surface area contributed by atoms with Crippen molar-refractivity contribution in [3.05, 3.63) is 86.5 Å². The first-order valence-corrected chi connectivity index (χ1v) is 11.7. The van der Waals surface area contributed by atoms with Gasteiger partial charge in [0.15, 0.2) is 17.5 Å². The molecule has 2 aromatic carbocycles. The molecule has 2 aromatic heterocycles. The summed E-state index contributed by atoms with van der Waals surface area (Å²) in [6.45, 7) is -0.0869. The molecule has 1 unspecified atom stereocenters. The minimum Gasteiger partial charge on any atom is -0.479 e. The molecule has 0 saturated heterocycles. The maximum absolute atomic E-state index is 13.1. The Balaban J connectivity index is 1.74. The van der Waals surface area contributed by atoms with Crippen LogP contribution in [0, 0.1) is 0 Å². The molecule has 0 radical (unpaired) electrons. The first kappa shape index (κ1) is 27.4. The zero-order valence-corrected chi connectivity index (χ0v) is 21.0. The largest absolute Gasteiger partial charge is 0.479 e. The number of halogens is 5. The Morgan fingerprint density at radius 1 is 1.11 bits per heavy atom. The van der Waals surface area contributed by atoms with Crippen molar-refractivity contribution in [2.24, 2.45) is 0 Å². The summed E-state index contributed by atoms with van der Waals surface area (Å²) in [6, 6.07) is 12.2. The molecule has 15 heteroatoms. The standard InChI is InChI=1S/C23H19Cl2F3N6O4/c1-22(20(36)37,16-4-2-3-5-17(16)25)34-11-15(29-31-34)10-33-21(38)32(12-18(35)23(26,27)28)19(30-33)13-6-8-14(24)9-7-13/h2-9,11,18,35H,10,12H2,1H3,(H,36,37)/t18-,22?/m0/s1. The smallest absolute Gasteiger partial charge is 0.416 e. The highest BCUT2D eigenvalue weighted by Gasteiger charge is 2.41. The second-order valence-electron chi connectivity index (χ2n) is 8.45. The average Bonchev–Trinajstić information content (AvgIpc) is 3.44. The van der Waals surface area contributed by atoms with E-state index in [1.165, 1.54) is 49.5 Å². The van der Waals surface area contributed by atoms with Gasteiger partial charge in [0.1, 0.15) is 5.69 Å². The van der Waals surface area contributed by atoms with Crippen LogP contribution in [0.1, 0.15) is 18.2 Å². The maximum atomic E-state index is 13.1. The summed E-state index contributed by atoms with van der Waals surface area (Å²) in [4.78, 5) is 25.3. The molecular formula is C23H19Cl2F3N6O4. The molecule has 2 heterocycles. The number of carbonyl (C=O) groups is 1. The Hall–Kier alpha value is -3.68. The number of aromatic nitrogens is 6. The average molecular weight is 571 g/mol. The van der Waals surface area contributed by atoms with Gasteiger partial charge in [0.25, 0.3) is 0 Å². The number of benzene rings is 2. The summed E-state index contributed by atoms with van der Waals surface area (Å²) in [5.41, 5.74) is -2.12. The van der Waals surface area contributed by atoms with Gasteiger partial charge in [0.2, 0.25) is 0 Å². The van der Waals surface area contributed by atoms with Crippen molar-refractivity contribution in [1.82, 2.24) is 29.3 Å². The van der Waals surface area contributed by atoms with E-state index in [9.17, 15) is 33.0 Å². The van der Waals surface area contributed by atoms with Crippen LogP contribution in [0.2, 0.25) is 10.0 Å². The van der Waals surface area contributed by atoms with Gasteiger partial charge >= 0.3 is 17.8 Å². The normalized spacial score (nSPS) is 14.3. The first-order valence-electron chi connectivity index (χ1n) is 10.9. The van der Waals surface area contributed by atoms with Crippen LogP contribution in [0.5, 0.6) is 0 Å². The molecule has 0 spiro atoms. The van der Waals surface area contributed by atoms with E-state index < -0.39 is 36.0 Å². The van der Waals surface area contributed by atoms with Gasteiger partial charge in [0.05, 0.1) is 19.3 Å². The molecule has 10 nitrogen and oxygen atoms in total. The molecule has 2 N–H and O–H groups in total. The predicted octanol–water partition coefficient (Wildman–Crippen LogP) is 3.43. The molecule has 0 aliphatic rings. The van der Waals surface area contributed by atoms with Gasteiger partial charge in [-0.1, -0.05) is 46.6 Å².